The van der Waals surface area contributed by atoms with E-state index in [0.29, 0.717) is 0 Å². The molecule has 2 aliphatic rings. The normalized spacial score (nSPS) is 19.9. The van der Waals surface area contributed by atoms with Crippen LogP contribution in [0.3, 0.4) is 0 Å². The average molecular weight is 230 g/mol. The van der Waals surface area contributed by atoms with Gasteiger partial charge in [-0.2, -0.15) is 5.10 Å². The zero-order chi connectivity index (χ0) is 10.8. The lowest BCUT2D eigenvalue weighted by Gasteiger charge is -2.27. The molecule has 0 radical (unpaired) electrons. The highest BCUT2D eigenvalue weighted by Gasteiger charge is 2.19. The molecule has 0 atom stereocenters. The lowest BCUT2D eigenvalue weighted by Crippen LogP contribution is -2.14. The third kappa shape index (κ3) is 1.87. The Balaban J connectivity index is 1.83. The van der Waals surface area contributed by atoms with E-state index in [0.717, 1.165) is 5.69 Å². The molecule has 0 fully saturated rings. The van der Waals surface area contributed by atoms with E-state index in [-0.39, 0.29) is 0 Å². The highest BCUT2D eigenvalue weighted by molar-refractivity contribution is 8.04. The Morgan fingerprint density at radius 1 is 1.06 bits per heavy atom. The molecule has 2 nitrogen and oxygen atoms in total. The molecular weight excluding hydrogens is 216 g/mol. The Kier molecular flexibility index (Phi) is 2.70. The van der Waals surface area contributed by atoms with Crippen LogP contribution < -0.4 is 4.41 Å². The van der Waals surface area contributed by atoms with Gasteiger partial charge in [0.1, 0.15) is 0 Å². The molecule has 0 aromatic heterocycles. The maximum Gasteiger partial charge on any atom is 0.0727 e. The lowest BCUT2D eigenvalue weighted by molar-refractivity contribution is 0.710. The van der Waals surface area contributed by atoms with E-state index >= 15 is 0 Å². The molecule has 16 heavy (non-hydrogen) atoms. The number of rotatable bonds is 1. The summed E-state index contributed by atoms with van der Waals surface area (Å²) in [6, 6.07) is 10.3. The molecule has 0 spiro atoms. The molecule has 1 aromatic carbocycles. The minimum Gasteiger partial charge on any atom is -0.202 e. The van der Waals surface area contributed by atoms with Gasteiger partial charge in [0, 0.05) is 16.9 Å². The predicted octanol–water partition coefficient (Wildman–Crippen LogP) is 3.97. The Labute approximate surface area is 100 Å². The van der Waals surface area contributed by atoms with Crippen molar-refractivity contribution in [3.8, 4) is 0 Å². The number of hydrazone groups is 1. The Bertz CT molecular complexity index is 437. The molecular formula is C13H14N2S. The molecule has 3 heteroatoms. The van der Waals surface area contributed by atoms with E-state index in [1.54, 1.807) is 11.9 Å². The van der Waals surface area contributed by atoms with E-state index in [1.807, 2.05) is 16.7 Å². The van der Waals surface area contributed by atoms with Crippen LogP contribution in [0.2, 0.25) is 0 Å². The van der Waals surface area contributed by atoms with Crippen LogP contribution >= 0.6 is 11.9 Å². The SMILES string of the molecule is C1=NN(c2ccccc2)SC2=C1CCCC2. The van der Waals surface area contributed by atoms with Gasteiger partial charge in [0.25, 0.3) is 0 Å². The van der Waals surface area contributed by atoms with Gasteiger partial charge in [0.2, 0.25) is 0 Å². The number of para-hydroxylation sites is 1. The molecule has 1 heterocycles. The first kappa shape index (κ1) is 9.97. The van der Waals surface area contributed by atoms with E-state index in [9.17, 15) is 0 Å². The first-order chi connectivity index (χ1) is 7.93. The van der Waals surface area contributed by atoms with Crippen molar-refractivity contribution in [2.75, 3.05) is 4.41 Å². The van der Waals surface area contributed by atoms with Crippen molar-refractivity contribution in [3.63, 3.8) is 0 Å². The molecule has 0 saturated carbocycles. The highest BCUT2D eigenvalue weighted by atomic mass is 32.2. The minimum absolute atomic E-state index is 1.15. The van der Waals surface area contributed by atoms with Crippen molar-refractivity contribution in [2.24, 2.45) is 5.10 Å². The highest BCUT2D eigenvalue weighted by Crippen LogP contribution is 2.39. The van der Waals surface area contributed by atoms with Crippen molar-refractivity contribution < 1.29 is 0 Å². The van der Waals surface area contributed by atoms with E-state index < -0.39 is 0 Å². The van der Waals surface area contributed by atoms with Gasteiger partial charge in [0.15, 0.2) is 0 Å². The fourth-order valence-electron chi connectivity index (χ4n) is 2.07. The summed E-state index contributed by atoms with van der Waals surface area (Å²) in [5.41, 5.74) is 2.60. The van der Waals surface area contributed by atoms with E-state index in [2.05, 4.69) is 29.4 Å². The monoisotopic (exact) mass is 230 g/mol. The van der Waals surface area contributed by atoms with Crippen molar-refractivity contribution in [3.05, 3.63) is 40.8 Å². The summed E-state index contributed by atoms with van der Waals surface area (Å²) in [7, 11) is 0. The lowest BCUT2D eigenvalue weighted by atomic mass is 10.0. The maximum atomic E-state index is 4.50. The summed E-state index contributed by atoms with van der Waals surface area (Å²) in [6.07, 6.45) is 7.10. The standard InChI is InChI=1S/C13H14N2S/c1-2-7-12(8-3-1)15-14-10-11-6-4-5-9-13(11)16-15/h1-3,7-8,10H,4-6,9H2. The van der Waals surface area contributed by atoms with E-state index in [1.165, 1.54) is 36.2 Å². The average Bonchev–Trinajstić information content (AvgIpc) is 2.39. The smallest absolute Gasteiger partial charge is 0.0727 e. The molecule has 0 unspecified atom stereocenters. The maximum absolute atomic E-state index is 4.50. The van der Waals surface area contributed by atoms with Crippen LogP contribution in [0.1, 0.15) is 25.7 Å². The van der Waals surface area contributed by atoms with Gasteiger partial charge in [-0.15, -0.1) is 0 Å². The molecule has 1 aliphatic carbocycles. The molecule has 1 aliphatic heterocycles. The summed E-state index contributed by atoms with van der Waals surface area (Å²) in [4.78, 5) is 1.50. The summed E-state index contributed by atoms with van der Waals surface area (Å²) < 4.78 is 2.02. The Morgan fingerprint density at radius 2 is 1.88 bits per heavy atom. The van der Waals surface area contributed by atoms with Gasteiger partial charge in [-0.25, -0.2) is 4.41 Å². The van der Waals surface area contributed by atoms with Crippen LogP contribution in [-0.2, 0) is 0 Å². The third-order valence-corrected chi connectivity index (χ3v) is 4.12. The Morgan fingerprint density at radius 3 is 2.75 bits per heavy atom. The third-order valence-electron chi connectivity index (χ3n) is 2.95. The number of hydrogen-bond acceptors (Lipinski definition) is 3. The molecule has 0 saturated heterocycles. The van der Waals surface area contributed by atoms with Crippen LogP contribution in [-0.4, -0.2) is 6.21 Å². The topological polar surface area (TPSA) is 15.6 Å². The second kappa shape index (κ2) is 4.34. The van der Waals surface area contributed by atoms with Gasteiger partial charge >= 0.3 is 0 Å². The number of anilines is 1. The molecule has 0 N–H and O–H groups in total. The second-order valence-corrected chi connectivity index (χ2v) is 5.12. The van der Waals surface area contributed by atoms with Crippen LogP contribution in [0, 0.1) is 0 Å². The number of nitrogens with zero attached hydrogens (tertiary/aromatic N) is 2. The predicted molar refractivity (Wildman–Crippen MR) is 70.5 cm³/mol. The zero-order valence-electron chi connectivity index (χ0n) is 9.10. The molecule has 1 aromatic rings. The first-order valence-corrected chi connectivity index (χ1v) is 6.50. The van der Waals surface area contributed by atoms with Crippen LogP contribution in [0.5, 0.6) is 0 Å². The van der Waals surface area contributed by atoms with Crippen LogP contribution in [0.25, 0.3) is 0 Å². The van der Waals surface area contributed by atoms with Crippen molar-refractivity contribution in [1.29, 1.82) is 0 Å². The largest absolute Gasteiger partial charge is 0.202 e. The van der Waals surface area contributed by atoms with Crippen LogP contribution in [0.4, 0.5) is 5.69 Å². The minimum atomic E-state index is 1.15. The van der Waals surface area contributed by atoms with Gasteiger partial charge < -0.3 is 0 Å². The molecule has 0 bridgehead atoms. The first-order valence-electron chi connectivity index (χ1n) is 5.72. The Hall–Kier alpha value is -1.22. The number of hydrogen-bond donors (Lipinski definition) is 0. The van der Waals surface area contributed by atoms with Gasteiger partial charge in [0.05, 0.1) is 11.9 Å². The number of benzene rings is 1. The fraction of sp³-hybridized carbons (Fsp3) is 0.308. The van der Waals surface area contributed by atoms with Crippen LogP contribution in [0.15, 0.2) is 45.9 Å². The summed E-state index contributed by atoms with van der Waals surface area (Å²) in [5, 5.41) is 4.50. The molecule has 82 valence electrons. The van der Waals surface area contributed by atoms with Gasteiger partial charge in [-0.1, -0.05) is 18.2 Å². The number of allylic oxidation sites excluding steroid dienone is 2. The van der Waals surface area contributed by atoms with E-state index in [4.69, 9.17) is 0 Å². The molecule has 3 rings (SSSR count). The summed E-state index contributed by atoms with van der Waals surface area (Å²) in [6.45, 7) is 0. The van der Waals surface area contributed by atoms with Gasteiger partial charge in [-0.05, 0) is 43.4 Å². The fourth-order valence-corrected chi connectivity index (χ4v) is 3.10. The zero-order valence-corrected chi connectivity index (χ0v) is 9.91. The molecule has 0 amide bonds. The quantitative estimate of drug-likeness (QED) is 0.678. The summed E-state index contributed by atoms with van der Waals surface area (Å²) >= 11 is 1.78. The van der Waals surface area contributed by atoms with Crippen molar-refractivity contribution >= 4 is 23.8 Å². The van der Waals surface area contributed by atoms with Crippen molar-refractivity contribution in [1.82, 2.24) is 0 Å². The summed E-state index contributed by atoms with van der Waals surface area (Å²) in [5.74, 6) is 0. The van der Waals surface area contributed by atoms with Gasteiger partial charge in [-0.3, -0.25) is 0 Å². The van der Waals surface area contributed by atoms with Crippen molar-refractivity contribution in [2.45, 2.75) is 25.7 Å². The second-order valence-electron chi connectivity index (χ2n) is 4.10.